The van der Waals surface area contributed by atoms with Crippen molar-refractivity contribution in [1.82, 2.24) is 19.8 Å². The minimum absolute atomic E-state index is 0.275. The minimum atomic E-state index is 0.275. The summed E-state index contributed by atoms with van der Waals surface area (Å²) in [5.74, 6) is 1.11. The Labute approximate surface area is 153 Å². The van der Waals surface area contributed by atoms with E-state index >= 15 is 0 Å². The van der Waals surface area contributed by atoms with Gasteiger partial charge in [-0.25, -0.2) is 4.98 Å². The van der Waals surface area contributed by atoms with E-state index < -0.39 is 0 Å². The predicted molar refractivity (Wildman–Crippen MR) is 103 cm³/mol. The summed E-state index contributed by atoms with van der Waals surface area (Å²) in [4.78, 5) is 7.46. The normalized spacial score (nSPS) is 17.0. The average molecular weight is 355 g/mol. The van der Waals surface area contributed by atoms with Crippen molar-refractivity contribution in [3.05, 3.63) is 64.9 Å². The molecule has 1 aliphatic rings. The molecule has 1 aliphatic heterocycles. The lowest BCUT2D eigenvalue weighted by atomic mass is 10.2. The third kappa shape index (κ3) is 3.43. The third-order valence-electron chi connectivity index (χ3n) is 5.00. The molecule has 0 aliphatic carbocycles. The smallest absolute Gasteiger partial charge is 0.127 e. The Morgan fingerprint density at radius 1 is 1.12 bits per heavy atom. The summed E-state index contributed by atoms with van der Waals surface area (Å²) >= 11 is 6.20. The number of rotatable bonds is 4. The maximum Gasteiger partial charge on any atom is 0.127 e. The second kappa shape index (κ2) is 7.16. The summed E-state index contributed by atoms with van der Waals surface area (Å²) in [5.41, 5.74) is 3.40. The van der Waals surface area contributed by atoms with E-state index in [4.69, 9.17) is 16.6 Å². The van der Waals surface area contributed by atoms with Gasteiger partial charge in [0.1, 0.15) is 5.82 Å². The van der Waals surface area contributed by atoms with Crippen molar-refractivity contribution in [3.8, 4) is 0 Å². The van der Waals surface area contributed by atoms with Gasteiger partial charge >= 0.3 is 0 Å². The van der Waals surface area contributed by atoms with Crippen LogP contribution < -0.4 is 5.32 Å². The maximum absolute atomic E-state index is 6.20. The number of benzene rings is 2. The molecule has 0 spiro atoms. The van der Waals surface area contributed by atoms with Crippen LogP contribution in [-0.2, 0) is 6.54 Å². The molecule has 25 heavy (non-hydrogen) atoms. The second-order valence-corrected chi connectivity index (χ2v) is 7.07. The molecular weight excluding hydrogens is 332 g/mol. The largest absolute Gasteiger partial charge is 0.322 e. The van der Waals surface area contributed by atoms with E-state index in [0.29, 0.717) is 0 Å². The summed E-state index contributed by atoms with van der Waals surface area (Å²) in [7, 11) is 0. The number of piperazine rings is 1. The number of imidazole rings is 1. The molecule has 4 nitrogen and oxygen atoms in total. The Balaban J connectivity index is 1.77. The molecule has 3 aromatic rings. The molecule has 1 aromatic heterocycles. The van der Waals surface area contributed by atoms with Crippen molar-refractivity contribution in [2.45, 2.75) is 19.5 Å². The van der Waals surface area contributed by atoms with Crippen molar-refractivity contribution >= 4 is 22.6 Å². The lowest BCUT2D eigenvalue weighted by molar-refractivity contribution is 0.177. The van der Waals surface area contributed by atoms with Crippen molar-refractivity contribution < 1.29 is 0 Å². The Bertz CT molecular complexity index is 853. The predicted octanol–water partition coefficient (Wildman–Crippen LogP) is 3.70. The quantitative estimate of drug-likeness (QED) is 0.775. The Morgan fingerprint density at radius 2 is 1.88 bits per heavy atom. The highest BCUT2D eigenvalue weighted by Gasteiger charge is 2.23. The van der Waals surface area contributed by atoms with Gasteiger partial charge in [0.05, 0.1) is 17.1 Å². The first-order valence-electron chi connectivity index (χ1n) is 8.87. The first-order valence-corrected chi connectivity index (χ1v) is 9.24. The van der Waals surface area contributed by atoms with Crippen LogP contribution in [0.4, 0.5) is 0 Å². The highest BCUT2D eigenvalue weighted by molar-refractivity contribution is 6.31. The second-order valence-electron chi connectivity index (χ2n) is 6.64. The van der Waals surface area contributed by atoms with E-state index in [1.165, 1.54) is 5.56 Å². The monoisotopic (exact) mass is 354 g/mol. The van der Waals surface area contributed by atoms with E-state index in [2.05, 4.69) is 58.1 Å². The third-order valence-corrected chi connectivity index (χ3v) is 5.23. The van der Waals surface area contributed by atoms with Crippen LogP contribution in [0.15, 0.2) is 48.5 Å². The molecule has 4 rings (SSSR count). The van der Waals surface area contributed by atoms with Gasteiger partial charge in [0.25, 0.3) is 0 Å². The molecule has 0 bridgehead atoms. The summed E-state index contributed by atoms with van der Waals surface area (Å²) in [5, 5.41) is 4.16. The summed E-state index contributed by atoms with van der Waals surface area (Å²) in [6.07, 6.45) is 0. The molecule has 2 aromatic carbocycles. The standard InChI is InChI=1S/C20H23ClN4/c1-15(24-11-9-22-10-12-24)20-23-18-13-17(21)7-8-19(18)25(20)14-16-5-3-2-4-6-16/h2-8,13,15,22H,9-12,14H2,1H3. The fraction of sp³-hybridized carbons (Fsp3) is 0.350. The number of hydrogen-bond acceptors (Lipinski definition) is 3. The highest BCUT2D eigenvalue weighted by Crippen LogP contribution is 2.27. The van der Waals surface area contributed by atoms with Crippen molar-refractivity contribution in [2.24, 2.45) is 0 Å². The van der Waals surface area contributed by atoms with Crippen LogP contribution in [0.5, 0.6) is 0 Å². The number of aromatic nitrogens is 2. The van der Waals surface area contributed by atoms with Gasteiger partial charge in [0, 0.05) is 37.7 Å². The van der Waals surface area contributed by atoms with Gasteiger partial charge in [-0.3, -0.25) is 4.90 Å². The lowest BCUT2D eigenvalue weighted by Gasteiger charge is -2.32. The molecule has 1 atom stereocenters. The van der Waals surface area contributed by atoms with Gasteiger partial charge in [-0.15, -0.1) is 0 Å². The Morgan fingerprint density at radius 3 is 2.64 bits per heavy atom. The Kier molecular flexibility index (Phi) is 4.75. The van der Waals surface area contributed by atoms with Gasteiger partial charge in [0.2, 0.25) is 0 Å². The molecule has 0 saturated carbocycles. The molecule has 130 valence electrons. The zero-order valence-electron chi connectivity index (χ0n) is 14.5. The van der Waals surface area contributed by atoms with Crippen LogP contribution in [-0.4, -0.2) is 40.6 Å². The van der Waals surface area contributed by atoms with Gasteiger partial charge in [-0.2, -0.15) is 0 Å². The van der Waals surface area contributed by atoms with Crippen LogP contribution in [0.25, 0.3) is 11.0 Å². The van der Waals surface area contributed by atoms with Crippen LogP contribution in [0.1, 0.15) is 24.4 Å². The average Bonchev–Trinajstić information content (AvgIpc) is 3.00. The summed E-state index contributed by atoms with van der Waals surface area (Å²) < 4.78 is 2.34. The molecule has 1 fully saturated rings. The number of fused-ring (bicyclic) bond motifs is 1. The highest BCUT2D eigenvalue weighted by atomic mass is 35.5. The van der Waals surface area contributed by atoms with Gasteiger partial charge in [-0.05, 0) is 30.7 Å². The van der Waals surface area contributed by atoms with E-state index in [1.807, 2.05) is 12.1 Å². The molecule has 0 amide bonds. The topological polar surface area (TPSA) is 33.1 Å². The first-order chi connectivity index (χ1) is 12.2. The first kappa shape index (κ1) is 16.6. The van der Waals surface area contributed by atoms with Crippen LogP contribution in [0, 0.1) is 0 Å². The molecule has 1 unspecified atom stereocenters. The summed E-state index contributed by atoms with van der Waals surface area (Å²) in [6, 6.07) is 16.8. The molecule has 1 saturated heterocycles. The van der Waals surface area contributed by atoms with Gasteiger partial charge in [0.15, 0.2) is 0 Å². The van der Waals surface area contributed by atoms with E-state index in [-0.39, 0.29) is 6.04 Å². The molecule has 1 N–H and O–H groups in total. The fourth-order valence-corrected chi connectivity index (χ4v) is 3.77. The zero-order chi connectivity index (χ0) is 17.2. The van der Waals surface area contributed by atoms with E-state index in [1.54, 1.807) is 0 Å². The van der Waals surface area contributed by atoms with Gasteiger partial charge < -0.3 is 9.88 Å². The minimum Gasteiger partial charge on any atom is -0.322 e. The number of nitrogens with zero attached hydrogens (tertiary/aromatic N) is 3. The maximum atomic E-state index is 6.20. The van der Waals surface area contributed by atoms with Gasteiger partial charge in [-0.1, -0.05) is 41.9 Å². The zero-order valence-corrected chi connectivity index (χ0v) is 15.2. The van der Waals surface area contributed by atoms with Crippen LogP contribution in [0.3, 0.4) is 0 Å². The van der Waals surface area contributed by atoms with Crippen LogP contribution in [0.2, 0.25) is 5.02 Å². The van der Waals surface area contributed by atoms with Crippen molar-refractivity contribution in [1.29, 1.82) is 0 Å². The number of hydrogen-bond donors (Lipinski definition) is 1. The lowest BCUT2D eigenvalue weighted by Crippen LogP contribution is -2.45. The van der Waals surface area contributed by atoms with Crippen molar-refractivity contribution in [3.63, 3.8) is 0 Å². The SMILES string of the molecule is CC(c1nc2cc(Cl)ccc2n1Cc1ccccc1)N1CCNCC1. The molecule has 5 heteroatoms. The fourth-order valence-electron chi connectivity index (χ4n) is 3.61. The summed E-state index contributed by atoms with van der Waals surface area (Å²) in [6.45, 7) is 7.26. The Hall–Kier alpha value is -1.88. The molecule has 2 heterocycles. The van der Waals surface area contributed by atoms with Crippen LogP contribution >= 0.6 is 11.6 Å². The number of nitrogens with one attached hydrogen (secondary N) is 1. The molecule has 0 radical (unpaired) electrons. The van der Waals surface area contributed by atoms with E-state index in [0.717, 1.165) is 54.6 Å². The number of halogens is 1. The van der Waals surface area contributed by atoms with Crippen molar-refractivity contribution in [2.75, 3.05) is 26.2 Å². The molecular formula is C20H23ClN4. The van der Waals surface area contributed by atoms with E-state index in [9.17, 15) is 0 Å².